The standard InChI is InChI=1S/C11H22N2O2/c1-8(2)5-13-10(15)9(6-14)12-7-11(13,3)4/h8-9,12,14H,5-7H2,1-4H3. The summed E-state index contributed by atoms with van der Waals surface area (Å²) < 4.78 is 0. The lowest BCUT2D eigenvalue weighted by atomic mass is 9.95. The Morgan fingerprint density at radius 3 is 2.67 bits per heavy atom. The first kappa shape index (κ1) is 12.5. The molecule has 0 aliphatic carbocycles. The Morgan fingerprint density at radius 1 is 1.60 bits per heavy atom. The molecule has 88 valence electrons. The third-order valence-corrected chi connectivity index (χ3v) is 2.81. The second kappa shape index (κ2) is 4.49. The van der Waals surface area contributed by atoms with E-state index in [4.69, 9.17) is 5.11 Å². The summed E-state index contributed by atoms with van der Waals surface area (Å²) in [7, 11) is 0. The number of aliphatic hydroxyl groups is 1. The summed E-state index contributed by atoms with van der Waals surface area (Å²) in [5.41, 5.74) is -0.160. The highest BCUT2D eigenvalue weighted by molar-refractivity contribution is 5.83. The summed E-state index contributed by atoms with van der Waals surface area (Å²) in [5, 5.41) is 12.1. The van der Waals surface area contributed by atoms with Gasteiger partial charge in [0, 0.05) is 18.6 Å². The van der Waals surface area contributed by atoms with Gasteiger partial charge in [0.15, 0.2) is 0 Å². The first-order valence-electron chi connectivity index (χ1n) is 5.54. The number of carbonyl (C=O) groups is 1. The van der Waals surface area contributed by atoms with Gasteiger partial charge in [-0.1, -0.05) is 13.8 Å². The van der Waals surface area contributed by atoms with Crippen LogP contribution < -0.4 is 5.32 Å². The van der Waals surface area contributed by atoms with Crippen LogP contribution in [0.15, 0.2) is 0 Å². The number of amides is 1. The molecule has 15 heavy (non-hydrogen) atoms. The number of nitrogens with one attached hydrogen (secondary N) is 1. The van der Waals surface area contributed by atoms with E-state index in [9.17, 15) is 4.79 Å². The zero-order valence-electron chi connectivity index (χ0n) is 10.1. The van der Waals surface area contributed by atoms with Gasteiger partial charge in [-0.25, -0.2) is 0 Å². The number of hydrogen-bond acceptors (Lipinski definition) is 3. The Bertz CT molecular complexity index is 239. The molecule has 1 heterocycles. The third-order valence-electron chi connectivity index (χ3n) is 2.81. The maximum atomic E-state index is 12.0. The van der Waals surface area contributed by atoms with E-state index in [1.165, 1.54) is 0 Å². The van der Waals surface area contributed by atoms with Crippen LogP contribution in [0.2, 0.25) is 0 Å². The highest BCUT2D eigenvalue weighted by Crippen LogP contribution is 2.20. The van der Waals surface area contributed by atoms with Crippen molar-refractivity contribution in [3.05, 3.63) is 0 Å². The molecule has 1 saturated heterocycles. The van der Waals surface area contributed by atoms with E-state index in [1.54, 1.807) is 0 Å². The number of aliphatic hydroxyl groups excluding tert-OH is 1. The molecule has 0 saturated carbocycles. The molecule has 4 heteroatoms. The van der Waals surface area contributed by atoms with E-state index in [0.29, 0.717) is 5.92 Å². The Kier molecular flexibility index (Phi) is 3.73. The van der Waals surface area contributed by atoms with Gasteiger partial charge in [-0.05, 0) is 19.8 Å². The molecule has 1 amide bonds. The Morgan fingerprint density at radius 2 is 2.20 bits per heavy atom. The van der Waals surface area contributed by atoms with Gasteiger partial charge < -0.3 is 15.3 Å². The predicted octanol–water partition coefficient (Wildman–Crippen LogP) is 0.214. The summed E-state index contributed by atoms with van der Waals surface area (Å²) in [4.78, 5) is 13.9. The van der Waals surface area contributed by atoms with Crippen molar-refractivity contribution in [2.75, 3.05) is 19.7 Å². The Hall–Kier alpha value is -0.610. The molecular formula is C11H22N2O2. The summed E-state index contributed by atoms with van der Waals surface area (Å²) in [6.07, 6.45) is 0. The van der Waals surface area contributed by atoms with Gasteiger partial charge in [-0.3, -0.25) is 4.79 Å². The molecular weight excluding hydrogens is 192 g/mol. The molecule has 1 aliphatic heterocycles. The van der Waals surface area contributed by atoms with Gasteiger partial charge in [-0.2, -0.15) is 0 Å². The fourth-order valence-electron chi connectivity index (χ4n) is 1.89. The van der Waals surface area contributed by atoms with Gasteiger partial charge in [0.1, 0.15) is 6.04 Å². The van der Waals surface area contributed by atoms with Crippen molar-refractivity contribution >= 4 is 5.91 Å². The van der Waals surface area contributed by atoms with Crippen LogP contribution in [0.5, 0.6) is 0 Å². The highest BCUT2D eigenvalue weighted by atomic mass is 16.3. The van der Waals surface area contributed by atoms with Crippen LogP contribution in [-0.4, -0.2) is 47.2 Å². The number of carbonyl (C=O) groups excluding carboxylic acids is 1. The van der Waals surface area contributed by atoms with Crippen molar-refractivity contribution in [2.45, 2.75) is 39.3 Å². The van der Waals surface area contributed by atoms with Crippen LogP contribution in [0.3, 0.4) is 0 Å². The normalized spacial score (nSPS) is 26.1. The second-order valence-corrected chi connectivity index (χ2v) is 5.27. The summed E-state index contributed by atoms with van der Waals surface area (Å²) in [6.45, 7) is 9.66. The van der Waals surface area contributed by atoms with Crippen LogP contribution in [0.25, 0.3) is 0 Å². The zero-order valence-corrected chi connectivity index (χ0v) is 10.1. The first-order valence-corrected chi connectivity index (χ1v) is 5.54. The minimum atomic E-state index is -0.420. The fraction of sp³-hybridized carbons (Fsp3) is 0.909. The first-order chi connectivity index (χ1) is 6.88. The monoisotopic (exact) mass is 214 g/mol. The van der Waals surface area contributed by atoms with Crippen LogP contribution in [0.4, 0.5) is 0 Å². The topological polar surface area (TPSA) is 52.6 Å². The van der Waals surface area contributed by atoms with E-state index < -0.39 is 6.04 Å². The minimum Gasteiger partial charge on any atom is -0.394 e. The van der Waals surface area contributed by atoms with Gasteiger partial charge in [-0.15, -0.1) is 0 Å². The van der Waals surface area contributed by atoms with Crippen LogP contribution >= 0.6 is 0 Å². The van der Waals surface area contributed by atoms with E-state index >= 15 is 0 Å². The van der Waals surface area contributed by atoms with E-state index in [1.807, 2.05) is 18.7 Å². The molecule has 2 N–H and O–H groups in total. The lowest BCUT2D eigenvalue weighted by molar-refractivity contribution is -0.144. The molecule has 0 radical (unpaired) electrons. The number of nitrogens with zero attached hydrogens (tertiary/aromatic N) is 1. The van der Waals surface area contributed by atoms with E-state index in [0.717, 1.165) is 13.1 Å². The van der Waals surface area contributed by atoms with E-state index in [-0.39, 0.29) is 18.1 Å². The van der Waals surface area contributed by atoms with Gasteiger partial charge in [0.05, 0.1) is 6.61 Å². The molecule has 0 aromatic rings. The van der Waals surface area contributed by atoms with Crippen LogP contribution in [-0.2, 0) is 4.79 Å². The fourth-order valence-corrected chi connectivity index (χ4v) is 1.89. The number of hydrogen-bond donors (Lipinski definition) is 2. The van der Waals surface area contributed by atoms with Crippen molar-refractivity contribution in [2.24, 2.45) is 5.92 Å². The smallest absolute Gasteiger partial charge is 0.242 e. The second-order valence-electron chi connectivity index (χ2n) is 5.27. The molecule has 1 unspecified atom stereocenters. The Balaban J connectivity index is 2.79. The molecule has 0 spiro atoms. The molecule has 1 fully saturated rings. The van der Waals surface area contributed by atoms with Crippen LogP contribution in [0.1, 0.15) is 27.7 Å². The van der Waals surface area contributed by atoms with E-state index in [2.05, 4.69) is 19.2 Å². The largest absolute Gasteiger partial charge is 0.394 e. The molecule has 4 nitrogen and oxygen atoms in total. The average molecular weight is 214 g/mol. The van der Waals surface area contributed by atoms with Gasteiger partial charge in [0.25, 0.3) is 0 Å². The van der Waals surface area contributed by atoms with Crippen molar-refractivity contribution in [3.8, 4) is 0 Å². The van der Waals surface area contributed by atoms with Gasteiger partial charge >= 0.3 is 0 Å². The Labute approximate surface area is 91.6 Å². The van der Waals surface area contributed by atoms with Crippen LogP contribution in [0, 0.1) is 5.92 Å². The molecule has 0 aromatic heterocycles. The van der Waals surface area contributed by atoms with Crippen molar-refractivity contribution in [1.82, 2.24) is 10.2 Å². The third kappa shape index (κ3) is 2.69. The van der Waals surface area contributed by atoms with Crippen molar-refractivity contribution in [3.63, 3.8) is 0 Å². The molecule has 0 aromatic carbocycles. The maximum Gasteiger partial charge on any atom is 0.242 e. The highest BCUT2D eigenvalue weighted by Gasteiger charge is 2.39. The quantitative estimate of drug-likeness (QED) is 0.706. The molecule has 1 rings (SSSR count). The molecule has 0 bridgehead atoms. The summed E-state index contributed by atoms with van der Waals surface area (Å²) >= 11 is 0. The zero-order chi connectivity index (χ0) is 11.6. The number of rotatable bonds is 3. The molecule has 1 atom stereocenters. The maximum absolute atomic E-state index is 12.0. The number of piperazine rings is 1. The van der Waals surface area contributed by atoms with Gasteiger partial charge in [0.2, 0.25) is 5.91 Å². The molecule has 1 aliphatic rings. The lowest BCUT2D eigenvalue weighted by Gasteiger charge is -2.46. The lowest BCUT2D eigenvalue weighted by Crippen LogP contribution is -2.66. The van der Waals surface area contributed by atoms with Crippen molar-refractivity contribution in [1.29, 1.82) is 0 Å². The minimum absolute atomic E-state index is 0.0162. The predicted molar refractivity (Wildman–Crippen MR) is 59.5 cm³/mol. The summed E-state index contributed by atoms with van der Waals surface area (Å²) in [5.74, 6) is 0.466. The SMILES string of the molecule is CC(C)CN1C(=O)C(CO)NCC1(C)C. The summed E-state index contributed by atoms with van der Waals surface area (Å²) in [6, 6.07) is -0.420. The van der Waals surface area contributed by atoms with Crippen molar-refractivity contribution < 1.29 is 9.90 Å². The average Bonchev–Trinajstić information content (AvgIpc) is 2.12.